The molecule has 0 radical (unpaired) electrons. The third-order valence-corrected chi connectivity index (χ3v) is 5.56. The number of hydrazine groups is 1. The highest BCUT2D eigenvalue weighted by atomic mass is 16.5. The first kappa shape index (κ1) is 24.2. The number of nitrogens with one attached hydrogen (secondary N) is 2. The van der Waals surface area contributed by atoms with Crippen LogP contribution in [-0.2, 0) is 24.0 Å². The molecule has 3 N–H and O–H groups in total. The van der Waals surface area contributed by atoms with Crippen LogP contribution in [0.2, 0.25) is 0 Å². The number of benzene rings is 1. The van der Waals surface area contributed by atoms with Crippen molar-refractivity contribution in [3.8, 4) is 0 Å². The lowest BCUT2D eigenvalue weighted by Gasteiger charge is -2.30. The SMILES string of the molecule is O=C=O.O=CN(O)C[C@@H](CC1CCCC1)C(=O)N1NCC[C@H]1C(=O)Nc1ccccc1. The number of hydrogen-bond donors (Lipinski definition) is 3. The number of rotatable bonds is 8. The van der Waals surface area contributed by atoms with E-state index in [4.69, 9.17) is 9.59 Å². The largest absolute Gasteiger partial charge is 0.373 e. The van der Waals surface area contributed by atoms with Crippen molar-refractivity contribution in [2.45, 2.75) is 44.6 Å². The van der Waals surface area contributed by atoms with Crippen molar-refractivity contribution in [2.75, 3.05) is 18.4 Å². The topological polar surface area (TPSA) is 136 Å². The van der Waals surface area contributed by atoms with Crippen LogP contribution < -0.4 is 10.7 Å². The minimum atomic E-state index is -0.623. The number of hydrogen-bond acceptors (Lipinski definition) is 7. The molecule has 0 spiro atoms. The van der Waals surface area contributed by atoms with Gasteiger partial charge in [0.1, 0.15) is 6.04 Å². The lowest BCUT2D eigenvalue weighted by molar-refractivity contribution is -0.191. The molecule has 1 saturated heterocycles. The first-order chi connectivity index (χ1) is 15.0. The van der Waals surface area contributed by atoms with Crippen LogP contribution in [0, 0.1) is 11.8 Å². The van der Waals surface area contributed by atoms with Gasteiger partial charge in [0.15, 0.2) is 0 Å². The zero-order valence-electron chi connectivity index (χ0n) is 17.2. The van der Waals surface area contributed by atoms with E-state index in [-0.39, 0.29) is 24.5 Å². The van der Waals surface area contributed by atoms with E-state index in [0.717, 1.165) is 25.7 Å². The second-order valence-electron chi connectivity index (χ2n) is 7.67. The first-order valence-electron chi connectivity index (χ1n) is 10.3. The molecule has 0 unspecified atom stereocenters. The molecule has 1 aliphatic heterocycles. The Morgan fingerprint density at radius 2 is 1.87 bits per heavy atom. The summed E-state index contributed by atoms with van der Waals surface area (Å²) in [6, 6.07) is 8.49. The summed E-state index contributed by atoms with van der Waals surface area (Å²) < 4.78 is 0. The summed E-state index contributed by atoms with van der Waals surface area (Å²) in [5.74, 6) is -0.636. The Morgan fingerprint density at radius 3 is 2.48 bits per heavy atom. The minimum absolute atomic E-state index is 0.0654. The standard InChI is InChI=1S/C20H28N4O4.CO2/c25-14-23(28)13-16(12-15-6-4-5-7-15)20(27)24-18(10-11-21-24)19(26)22-17-8-2-1-3-9-17;2-1-3/h1-3,8-9,14-16,18,21,28H,4-7,10-13H2,(H,22,26);/t16-,18+;/m1./s1. The predicted molar refractivity (Wildman–Crippen MR) is 108 cm³/mol. The van der Waals surface area contributed by atoms with Crippen molar-refractivity contribution < 1.29 is 29.2 Å². The average molecular weight is 432 g/mol. The van der Waals surface area contributed by atoms with Gasteiger partial charge < -0.3 is 5.32 Å². The number of hydroxylamine groups is 2. The summed E-state index contributed by atoms with van der Waals surface area (Å²) in [5, 5.41) is 14.4. The molecule has 0 bridgehead atoms. The van der Waals surface area contributed by atoms with E-state index >= 15 is 0 Å². The zero-order valence-corrected chi connectivity index (χ0v) is 17.2. The van der Waals surface area contributed by atoms with Gasteiger partial charge in [-0.3, -0.25) is 24.6 Å². The van der Waals surface area contributed by atoms with E-state index in [2.05, 4.69) is 10.7 Å². The van der Waals surface area contributed by atoms with Gasteiger partial charge in [0.25, 0.3) is 0 Å². The van der Waals surface area contributed by atoms with E-state index in [0.29, 0.717) is 42.5 Å². The summed E-state index contributed by atoms with van der Waals surface area (Å²) in [6.45, 7) is 0.454. The molecule has 10 heteroatoms. The van der Waals surface area contributed by atoms with Gasteiger partial charge in [-0.05, 0) is 30.9 Å². The molecule has 1 aromatic rings. The van der Waals surface area contributed by atoms with Crippen LogP contribution in [0.3, 0.4) is 0 Å². The number of anilines is 1. The van der Waals surface area contributed by atoms with Crippen molar-refractivity contribution in [1.29, 1.82) is 0 Å². The Bertz CT molecular complexity index is 762. The van der Waals surface area contributed by atoms with E-state index < -0.39 is 12.0 Å². The monoisotopic (exact) mass is 432 g/mol. The molecule has 1 heterocycles. The summed E-state index contributed by atoms with van der Waals surface area (Å²) in [6.07, 6.45) is 6.08. The van der Waals surface area contributed by atoms with Gasteiger partial charge in [0, 0.05) is 12.2 Å². The molecule has 2 atom stereocenters. The molecule has 3 amide bonds. The Balaban J connectivity index is 0.00000107. The summed E-state index contributed by atoms with van der Waals surface area (Å²) in [4.78, 5) is 53.0. The molecule has 10 nitrogen and oxygen atoms in total. The first-order valence-corrected chi connectivity index (χ1v) is 10.3. The van der Waals surface area contributed by atoms with Crippen LogP contribution in [0.5, 0.6) is 0 Å². The molecular weight excluding hydrogens is 404 g/mol. The smallest absolute Gasteiger partial charge is 0.324 e. The summed E-state index contributed by atoms with van der Waals surface area (Å²) >= 11 is 0. The molecule has 3 rings (SSSR count). The van der Waals surface area contributed by atoms with Crippen molar-refractivity contribution in [1.82, 2.24) is 15.5 Å². The number of carbonyl (C=O) groups excluding carboxylic acids is 5. The molecule has 31 heavy (non-hydrogen) atoms. The van der Waals surface area contributed by atoms with Gasteiger partial charge in [0.2, 0.25) is 18.2 Å². The maximum Gasteiger partial charge on any atom is 0.373 e. The number of carbonyl (C=O) groups is 3. The second-order valence-corrected chi connectivity index (χ2v) is 7.67. The highest BCUT2D eigenvalue weighted by molar-refractivity contribution is 5.97. The fraction of sp³-hybridized carbons (Fsp3) is 0.524. The fourth-order valence-electron chi connectivity index (χ4n) is 4.16. The fourth-order valence-corrected chi connectivity index (χ4v) is 4.16. The van der Waals surface area contributed by atoms with E-state index in [1.165, 1.54) is 5.01 Å². The summed E-state index contributed by atoms with van der Waals surface area (Å²) in [7, 11) is 0. The van der Waals surface area contributed by atoms with Crippen LogP contribution >= 0.6 is 0 Å². The molecule has 1 aromatic carbocycles. The highest BCUT2D eigenvalue weighted by Crippen LogP contribution is 2.31. The Hall–Kier alpha value is -3.07. The highest BCUT2D eigenvalue weighted by Gasteiger charge is 2.38. The number of nitrogens with zero attached hydrogens (tertiary/aromatic N) is 2. The molecule has 0 aromatic heterocycles. The Morgan fingerprint density at radius 1 is 1.23 bits per heavy atom. The molecule has 2 aliphatic rings. The van der Waals surface area contributed by atoms with E-state index in [1.54, 1.807) is 12.1 Å². The van der Waals surface area contributed by atoms with Gasteiger partial charge in [-0.2, -0.15) is 9.59 Å². The van der Waals surface area contributed by atoms with Crippen LogP contribution in [0.4, 0.5) is 5.69 Å². The molecular formula is C21H28N4O6. The maximum absolute atomic E-state index is 13.2. The zero-order chi connectivity index (χ0) is 22.6. The van der Waals surface area contributed by atoms with Gasteiger partial charge in [-0.15, -0.1) is 0 Å². The van der Waals surface area contributed by atoms with Crippen molar-refractivity contribution in [3.63, 3.8) is 0 Å². The number of para-hydroxylation sites is 1. The van der Waals surface area contributed by atoms with Gasteiger partial charge in [-0.25, -0.2) is 10.5 Å². The van der Waals surface area contributed by atoms with Crippen molar-refractivity contribution in [2.24, 2.45) is 11.8 Å². The second kappa shape index (κ2) is 12.6. The number of amides is 3. The van der Waals surface area contributed by atoms with Gasteiger partial charge in [-0.1, -0.05) is 43.9 Å². The molecule has 2 fully saturated rings. The van der Waals surface area contributed by atoms with Crippen LogP contribution in [-0.4, -0.2) is 58.8 Å². The normalized spacial score (nSPS) is 19.0. The van der Waals surface area contributed by atoms with E-state index in [9.17, 15) is 19.6 Å². The Labute approximate surface area is 180 Å². The molecule has 1 saturated carbocycles. The van der Waals surface area contributed by atoms with Crippen molar-refractivity contribution >= 4 is 30.1 Å². The lowest BCUT2D eigenvalue weighted by atomic mass is 9.92. The summed E-state index contributed by atoms with van der Waals surface area (Å²) in [5.41, 5.74) is 3.68. The Kier molecular flexibility index (Phi) is 9.83. The molecule has 168 valence electrons. The van der Waals surface area contributed by atoms with Crippen LogP contribution in [0.1, 0.15) is 38.5 Å². The third kappa shape index (κ3) is 7.29. The van der Waals surface area contributed by atoms with Gasteiger partial charge >= 0.3 is 6.15 Å². The van der Waals surface area contributed by atoms with Crippen LogP contribution in [0.15, 0.2) is 30.3 Å². The van der Waals surface area contributed by atoms with Gasteiger partial charge in [0.05, 0.1) is 12.5 Å². The average Bonchev–Trinajstić information content (AvgIpc) is 3.46. The minimum Gasteiger partial charge on any atom is -0.324 e. The van der Waals surface area contributed by atoms with Crippen LogP contribution in [0.25, 0.3) is 0 Å². The third-order valence-electron chi connectivity index (χ3n) is 5.56. The lowest BCUT2D eigenvalue weighted by Crippen LogP contribution is -2.51. The van der Waals surface area contributed by atoms with E-state index in [1.807, 2.05) is 18.2 Å². The van der Waals surface area contributed by atoms with Crippen molar-refractivity contribution in [3.05, 3.63) is 30.3 Å². The maximum atomic E-state index is 13.2. The predicted octanol–water partition coefficient (Wildman–Crippen LogP) is 1.19. The molecule has 1 aliphatic carbocycles. The quantitative estimate of drug-likeness (QED) is 0.319.